The van der Waals surface area contributed by atoms with E-state index in [4.69, 9.17) is 20.9 Å². The van der Waals surface area contributed by atoms with E-state index in [9.17, 15) is 0 Å². The molecule has 1 unspecified atom stereocenters. The Bertz CT molecular complexity index is 424. The number of hydrogen-bond acceptors (Lipinski definition) is 4. The number of allylic oxidation sites excluding steroid dienone is 1. The smallest absolute Gasteiger partial charge is 0.189 e. The molecule has 0 bridgehead atoms. The van der Waals surface area contributed by atoms with Gasteiger partial charge in [-0.25, -0.2) is 0 Å². The van der Waals surface area contributed by atoms with E-state index in [0.717, 1.165) is 17.9 Å². The fraction of sp³-hybridized carbons (Fsp3) is 0.231. The minimum Gasteiger partial charge on any atom is -0.468 e. The number of rotatable bonds is 4. The van der Waals surface area contributed by atoms with Crippen LogP contribution in [0.1, 0.15) is 6.42 Å². The van der Waals surface area contributed by atoms with Gasteiger partial charge in [-0.1, -0.05) is 12.2 Å². The van der Waals surface area contributed by atoms with Crippen molar-refractivity contribution in [3.8, 4) is 5.75 Å². The number of hydrogen-bond donors (Lipinski definition) is 2. The SMILES string of the molecule is NC1=CCC(OCOc2ccc(N)cc2)C=C1. The molecule has 17 heavy (non-hydrogen) atoms. The molecule has 0 amide bonds. The van der Waals surface area contributed by atoms with Gasteiger partial charge in [-0.05, 0) is 36.8 Å². The lowest BCUT2D eigenvalue weighted by Crippen LogP contribution is -2.16. The molecule has 0 saturated carbocycles. The Morgan fingerprint density at radius 2 is 1.94 bits per heavy atom. The molecular formula is C13H16N2O2. The summed E-state index contributed by atoms with van der Waals surface area (Å²) in [5.74, 6) is 0.744. The molecule has 1 atom stereocenters. The van der Waals surface area contributed by atoms with Crippen molar-refractivity contribution in [2.24, 2.45) is 5.73 Å². The molecule has 4 nitrogen and oxygen atoms in total. The Labute approximate surface area is 101 Å². The standard InChI is InChI=1S/C13H16N2O2/c14-10-1-5-12(6-2-10)16-9-17-13-7-3-11(15)4-8-13/h1-7,13H,8-9,14-15H2. The van der Waals surface area contributed by atoms with E-state index in [1.54, 1.807) is 12.1 Å². The second-order valence-corrected chi connectivity index (χ2v) is 3.84. The number of benzene rings is 1. The summed E-state index contributed by atoms with van der Waals surface area (Å²) >= 11 is 0. The quantitative estimate of drug-likeness (QED) is 0.613. The van der Waals surface area contributed by atoms with E-state index >= 15 is 0 Å². The number of nitrogen functional groups attached to an aromatic ring is 1. The first-order valence-electron chi connectivity index (χ1n) is 5.48. The highest BCUT2D eigenvalue weighted by molar-refractivity contribution is 5.41. The fourth-order valence-corrected chi connectivity index (χ4v) is 1.49. The van der Waals surface area contributed by atoms with E-state index in [1.165, 1.54) is 0 Å². The van der Waals surface area contributed by atoms with E-state index in [2.05, 4.69) is 0 Å². The third-order valence-electron chi connectivity index (χ3n) is 2.48. The van der Waals surface area contributed by atoms with Crippen molar-refractivity contribution in [1.29, 1.82) is 0 Å². The third-order valence-corrected chi connectivity index (χ3v) is 2.48. The van der Waals surface area contributed by atoms with Crippen LogP contribution in [0, 0.1) is 0 Å². The minimum absolute atomic E-state index is 0.0380. The topological polar surface area (TPSA) is 70.5 Å². The largest absolute Gasteiger partial charge is 0.468 e. The normalized spacial score (nSPS) is 18.8. The average molecular weight is 232 g/mol. The molecule has 2 rings (SSSR count). The minimum atomic E-state index is 0.0380. The Morgan fingerprint density at radius 3 is 2.59 bits per heavy atom. The van der Waals surface area contributed by atoms with Crippen LogP contribution in [0.15, 0.2) is 48.2 Å². The maximum Gasteiger partial charge on any atom is 0.189 e. The Morgan fingerprint density at radius 1 is 1.18 bits per heavy atom. The Kier molecular flexibility index (Phi) is 3.67. The highest BCUT2D eigenvalue weighted by Crippen LogP contribution is 2.14. The van der Waals surface area contributed by atoms with Gasteiger partial charge in [0.2, 0.25) is 0 Å². The molecule has 0 aliphatic heterocycles. The van der Waals surface area contributed by atoms with Crippen LogP contribution in [0.5, 0.6) is 5.75 Å². The monoisotopic (exact) mass is 232 g/mol. The van der Waals surface area contributed by atoms with Gasteiger partial charge in [0.15, 0.2) is 6.79 Å². The summed E-state index contributed by atoms with van der Waals surface area (Å²) < 4.78 is 11.0. The zero-order chi connectivity index (χ0) is 12.1. The van der Waals surface area contributed by atoms with Crippen LogP contribution < -0.4 is 16.2 Å². The van der Waals surface area contributed by atoms with E-state index < -0.39 is 0 Å². The van der Waals surface area contributed by atoms with Crippen molar-refractivity contribution in [2.75, 3.05) is 12.5 Å². The zero-order valence-electron chi connectivity index (χ0n) is 9.50. The van der Waals surface area contributed by atoms with Crippen LogP contribution in [0.4, 0.5) is 5.69 Å². The summed E-state index contributed by atoms with van der Waals surface area (Å²) in [7, 11) is 0. The lowest BCUT2D eigenvalue weighted by molar-refractivity contribution is -0.0149. The van der Waals surface area contributed by atoms with E-state index in [-0.39, 0.29) is 12.9 Å². The van der Waals surface area contributed by atoms with Crippen LogP contribution in [0.25, 0.3) is 0 Å². The summed E-state index contributed by atoms with van der Waals surface area (Å²) in [5.41, 5.74) is 12.7. The fourth-order valence-electron chi connectivity index (χ4n) is 1.49. The number of ether oxygens (including phenoxy) is 2. The van der Waals surface area contributed by atoms with Gasteiger partial charge in [0, 0.05) is 11.4 Å². The van der Waals surface area contributed by atoms with Gasteiger partial charge in [-0.3, -0.25) is 0 Å². The molecule has 90 valence electrons. The van der Waals surface area contributed by atoms with Crippen LogP contribution in [0.2, 0.25) is 0 Å². The molecule has 0 radical (unpaired) electrons. The summed E-state index contributed by atoms with van der Waals surface area (Å²) in [4.78, 5) is 0. The molecule has 1 aromatic rings. The first-order valence-corrected chi connectivity index (χ1v) is 5.48. The van der Waals surface area contributed by atoms with Gasteiger partial charge in [0.25, 0.3) is 0 Å². The van der Waals surface area contributed by atoms with Gasteiger partial charge >= 0.3 is 0 Å². The highest BCUT2D eigenvalue weighted by atomic mass is 16.7. The molecule has 0 aromatic heterocycles. The Balaban J connectivity index is 1.73. The van der Waals surface area contributed by atoms with E-state index in [1.807, 2.05) is 30.4 Å². The summed E-state index contributed by atoms with van der Waals surface area (Å²) in [6, 6.07) is 7.21. The first-order chi connectivity index (χ1) is 8.24. The van der Waals surface area contributed by atoms with Crippen molar-refractivity contribution in [2.45, 2.75) is 12.5 Å². The van der Waals surface area contributed by atoms with Crippen molar-refractivity contribution in [1.82, 2.24) is 0 Å². The van der Waals surface area contributed by atoms with Crippen molar-refractivity contribution < 1.29 is 9.47 Å². The van der Waals surface area contributed by atoms with Gasteiger partial charge in [0.1, 0.15) is 5.75 Å². The van der Waals surface area contributed by atoms with Crippen molar-refractivity contribution >= 4 is 5.69 Å². The number of nitrogens with two attached hydrogens (primary N) is 2. The van der Waals surface area contributed by atoms with Crippen LogP contribution >= 0.6 is 0 Å². The lowest BCUT2D eigenvalue weighted by atomic mass is 10.1. The van der Waals surface area contributed by atoms with Gasteiger partial charge < -0.3 is 20.9 Å². The zero-order valence-corrected chi connectivity index (χ0v) is 9.50. The summed E-state index contributed by atoms with van der Waals surface area (Å²) in [6.45, 7) is 0.215. The second kappa shape index (κ2) is 5.41. The maximum atomic E-state index is 5.61. The molecular weight excluding hydrogens is 216 g/mol. The predicted molar refractivity (Wildman–Crippen MR) is 67.2 cm³/mol. The molecule has 0 fully saturated rings. The lowest BCUT2D eigenvalue weighted by Gasteiger charge is -2.16. The third kappa shape index (κ3) is 3.53. The molecule has 4 N–H and O–H groups in total. The average Bonchev–Trinajstić information content (AvgIpc) is 2.34. The van der Waals surface area contributed by atoms with Crippen LogP contribution in [0.3, 0.4) is 0 Å². The Hall–Kier alpha value is -1.94. The molecule has 1 aliphatic carbocycles. The van der Waals surface area contributed by atoms with Gasteiger partial charge in [-0.15, -0.1) is 0 Å². The van der Waals surface area contributed by atoms with Crippen LogP contribution in [-0.4, -0.2) is 12.9 Å². The highest BCUT2D eigenvalue weighted by Gasteiger charge is 2.07. The predicted octanol–water partition coefficient (Wildman–Crippen LogP) is 1.79. The molecule has 0 saturated heterocycles. The molecule has 0 spiro atoms. The maximum absolute atomic E-state index is 5.61. The second-order valence-electron chi connectivity index (χ2n) is 3.84. The van der Waals surface area contributed by atoms with E-state index in [0.29, 0.717) is 5.69 Å². The van der Waals surface area contributed by atoms with Gasteiger partial charge in [-0.2, -0.15) is 0 Å². The van der Waals surface area contributed by atoms with Crippen LogP contribution in [-0.2, 0) is 4.74 Å². The molecule has 1 aliphatic rings. The molecule has 4 heteroatoms. The molecule has 1 aromatic carbocycles. The van der Waals surface area contributed by atoms with Crippen molar-refractivity contribution in [3.05, 3.63) is 48.2 Å². The molecule has 0 heterocycles. The van der Waals surface area contributed by atoms with Crippen molar-refractivity contribution in [3.63, 3.8) is 0 Å². The first kappa shape index (κ1) is 11.5. The van der Waals surface area contributed by atoms with Gasteiger partial charge in [0.05, 0.1) is 6.10 Å². The summed E-state index contributed by atoms with van der Waals surface area (Å²) in [6.07, 6.45) is 6.54. The number of anilines is 1. The summed E-state index contributed by atoms with van der Waals surface area (Å²) in [5, 5.41) is 0.